The Hall–Kier alpha value is -3.35. The molecule has 0 unspecified atom stereocenters. The van der Waals surface area contributed by atoms with E-state index in [0.29, 0.717) is 12.3 Å². The number of urea groups is 1. The number of benzene rings is 2. The van der Waals surface area contributed by atoms with E-state index in [9.17, 15) is 14.4 Å². The molecule has 0 saturated carbocycles. The van der Waals surface area contributed by atoms with Crippen LogP contribution in [0, 0.1) is 0 Å². The Morgan fingerprint density at radius 3 is 2.41 bits per heavy atom. The van der Waals surface area contributed by atoms with Crippen molar-refractivity contribution in [1.82, 2.24) is 15.1 Å². The maximum Gasteiger partial charge on any atom is 0.326 e. The fourth-order valence-electron chi connectivity index (χ4n) is 2.87. The largest absolute Gasteiger partial charge is 0.457 e. The maximum atomic E-state index is 12.2. The molecule has 1 N–H and O–H groups in total. The number of nitrogens with zero attached hydrogens (tertiary/aromatic N) is 2. The summed E-state index contributed by atoms with van der Waals surface area (Å²) in [5.74, 6) is 0.745. The number of likely N-dealkylation sites (N-methyl/N-ethyl adjacent to an activating group) is 2. The minimum atomic E-state index is -0.754. The lowest BCUT2D eigenvalue weighted by atomic mass is 10.1. The van der Waals surface area contributed by atoms with Gasteiger partial charge in [0.05, 0.1) is 6.42 Å². The van der Waals surface area contributed by atoms with Crippen LogP contribution in [0.25, 0.3) is 0 Å². The van der Waals surface area contributed by atoms with Crippen LogP contribution in [0.2, 0.25) is 0 Å². The normalized spacial score (nSPS) is 16.6. The monoisotopic (exact) mass is 367 g/mol. The summed E-state index contributed by atoms with van der Waals surface area (Å²) in [6, 6.07) is 15.7. The summed E-state index contributed by atoms with van der Waals surface area (Å²) < 4.78 is 5.78. The molecule has 1 aliphatic heterocycles. The molecular weight excluding hydrogens is 346 g/mol. The van der Waals surface area contributed by atoms with E-state index < -0.39 is 12.1 Å². The van der Waals surface area contributed by atoms with Crippen LogP contribution in [0.4, 0.5) is 4.79 Å². The molecule has 0 aromatic heterocycles. The lowest BCUT2D eigenvalue weighted by molar-refractivity contribution is -0.131. The van der Waals surface area contributed by atoms with Gasteiger partial charge in [0.15, 0.2) is 0 Å². The standard InChI is InChI=1S/C20H21N3O4/c1-22-17(19(25)23(2)20(22)26)12-18(24)21-13-14-7-6-10-16(11-14)27-15-8-4-3-5-9-15/h3-11,17H,12-13H2,1-2H3,(H,21,24)/t17-/m0/s1. The number of amides is 4. The zero-order chi connectivity index (χ0) is 19.4. The number of hydrogen-bond acceptors (Lipinski definition) is 4. The van der Waals surface area contributed by atoms with Crippen LogP contribution in [-0.2, 0) is 16.1 Å². The van der Waals surface area contributed by atoms with Gasteiger partial charge < -0.3 is 15.0 Å². The molecular formula is C20H21N3O4. The van der Waals surface area contributed by atoms with Gasteiger partial charge in [-0.25, -0.2) is 4.79 Å². The van der Waals surface area contributed by atoms with Gasteiger partial charge in [-0.15, -0.1) is 0 Å². The summed E-state index contributed by atoms with van der Waals surface area (Å²) in [6.45, 7) is 0.305. The second-order valence-electron chi connectivity index (χ2n) is 6.35. The topological polar surface area (TPSA) is 79.0 Å². The van der Waals surface area contributed by atoms with E-state index >= 15 is 0 Å². The average Bonchev–Trinajstić information content (AvgIpc) is 2.85. The number of rotatable bonds is 6. The van der Waals surface area contributed by atoms with Crippen molar-refractivity contribution in [3.63, 3.8) is 0 Å². The highest BCUT2D eigenvalue weighted by atomic mass is 16.5. The molecule has 140 valence electrons. The Morgan fingerprint density at radius 1 is 1.04 bits per heavy atom. The van der Waals surface area contributed by atoms with Gasteiger partial charge in [-0.3, -0.25) is 14.5 Å². The molecule has 7 heteroatoms. The van der Waals surface area contributed by atoms with Crippen LogP contribution in [0.15, 0.2) is 54.6 Å². The Kier molecular flexibility index (Phi) is 5.40. The van der Waals surface area contributed by atoms with Crippen molar-refractivity contribution in [1.29, 1.82) is 0 Å². The summed E-state index contributed by atoms with van der Waals surface area (Å²) >= 11 is 0. The van der Waals surface area contributed by atoms with Crippen molar-refractivity contribution in [2.45, 2.75) is 19.0 Å². The van der Waals surface area contributed by atoms with E-state index in [1.165, 1.54) is 19.0 Å². The summed E-state index contributed by atoms with van der Waals surface area (Å²) in [5, 5.41) is 2.78. The SMILES string of the molecule is CN1C(=O)[C@H](CC(=O)NCc2cccc(Oc3ccccc3)c2)N(C)C1=O. The van der Waals surface area contributed by atoms with Crippen LogP contribution >= 0.6 is 0 Å². The number of hydrogen-bond donors (Lipinski definition) is 1. The van der Waals surface area contributed by atoms with Gasteiger partial charge in [0, 0.05) is 20.6 Å². The second-order valence-corrected chi connectivity index (χ2v) is 6.35. The van der Waals surface area contributed by atoms with Crippen LogP contribution in [0.3, 0.4) is 0 Å². The van der Waals surface area contributed by atoms with Gasteiger partial charge in [-0.2, -0.15) is 0 Å². The van der Waals surface area contributed by atoms with Crippen molar-refractivity contribution in [2.24, 2.45) is 0 Å². The molecule has 2 aromatic carbocycles. The molecule has 4 amide bonds. The number of imide groups is 1. The summed E-state index contributed by atoms with van der Waals surface area (Å²) in [4.78, 5) is 38.3. The summed E-state index contributed by atoms with van der Waals surface area (Å²) in [6.07, 6.45) is -0.0639. The van der Waals surface area contributed by atoms with E-state index in [4.69, 9.17) is 4.74 Å². The van der Waals surface area contributed by atoms with Gasteiger partial charge in [0.25, 0.3) is 5.91 Å². The third-order valence-corrected chi connectivity index (χ3v) is 4.42. The minimum Gasteiger partial charge on any atom is -0.457 e. The number of para-hydroxylation sites is 1. The van der Waals surface area contributed by atoms with Gasteiger partial charge in [0.1, 0.15) is 17.5 Å². The molecule has 3 rings (SSSR count). The lowest BCUT2D eigenvalue weighted by Crippen LogP contribution is -2.37. The molecule has 0 radical (unpaired) electrons. The molecule has 0 bridgehead atoms. The molecule has 7 nitrogen and oxygen atoms in total. The van der Waals surface area contributed by atoms with Crippen LogP contribution in [-0.4, -0.2) is 47.8 Å². The number of nitrogens with one attached hydrogen (secondary N) is 1. The summed E-state index contributed by atoms with van der Waals surface area (Å²) in [5.41, 5.74) is 0.871. The predicted molar refractivity (Wildman–Crippen MR) is 99.1 cm³/mol. The fraction of sp³-hybridized carbons (Fsp3) is 0.250. The number of carbonyl (C=O) groups excluding carboxylic acids is 3. The highest BCUT2D eigenvalue weighted by Gasteiger charge is 2.41. The molecule has 2 aromatic rings. The highest BCUT2D eigenvalue weighted by molar-refractivity contribution is 6.05. The minimum absolute atomic E-state index is 0.0639. The van der Waals surface area contributed by atoms with E-state index in [-0.39, 0.29) is 18.2 Å². The Balaban J connectivity index is 1.55. The van der Waals surface area contributed by atoms with Crippen molar-refractivity contribution < 1.29 is 19.1 Å². The Labute approximate surface area is 157 Å². The van der Waals surface area contributed by atoms with Crippen LogP contribution in [0.1, 0.15) is 12.0 Å². The molecule has 1 fully saturated rings. The maximum absolute atomic E-state index is 12.2. The average molecular weight is 367 g/mol. The first-order valence-corrected chi connectivity index (χ1v) is 8.58. The zero-order valence-corrected chi connectivity index (χ0v) is 15.2. The molecule has 1 saturated heterocycles. The second kappa shape index (κ2) is 7.90. The van der Waals surface area contributed by atoms with Crippen molar-refractivity contribution >= 4 is 17.8 Å². The lowest BCUT2D eigenvalue weighted by Gasteiger charge is -2.15. The van der Waals surface area contributed by atoms with Crippen LogP contribution < -0.4 is 10.1 Å². The fourth-order valence-corrected chi connectivity index (χ4v) is 2.87. The number of carbonyl (C=O) groups is 3. The molecule has 0 spiro atoms. The van der Waals surface area contributed by atoms with Gasteiger partial charge in [0.2, 0.25) is 5.91 Å². The van der Waals surface area contributed by atoms with Crippen molar-refractivity contribution in [2.75, 3.05) is 14.1 Å². The first-order chi connectivity index (χ1) is 13.0. The van der Waals surface area contributed by atoms with Crippen LogP contribution in [0.5, 0.6) is 11.5 Å². The predicted octanol–water partition coefficient (Wildman–Crippen LogP) is 2.38. The molecule has 0 aliphatic carbocycles. The van der Waals surface area contributed by atoms with Gasteiger partial charge in [-0.05, 0) is 29.8 Å². The van der Waals surface area contributed by atoms with Crippen molar-refractivity contribution in [3.05, 3.63) is 60.2 Å². The van der Waals surface area contributed by atoms with Gasteiger partial charge in [-0.1, -0.05) is 30.3 Å². The molecule has 1 atom stereocenters. The third-order valence-electron chi connectivity index (χ3n) is 4.42. The Bertz CT molecular complexity index is 853. The van der Waals surface area contributed by atoms with E-state index in [1.807, 2.05) is 54.6 Å². The highest BCUT2D eigenvalue weighted by Crippen LogP contribution is 2.22. The molecule has 1 heterocycles. The quantitative estimate of drug-likeness (QED) is 0.795. The van der Waals surface area contributed by atoms with E-state index in [0.717, 1.165) is 16.2 Å². The first-order valence-electron chi connectivity index (χ1n) is 8.58. The van der Waals surface area contributed by atoms with E-state index in [1.54, 1.807) is 0 Å². The number of ether oxygens (including phenoxy) is 1. The zero-order valence-electron chi connectivity index (χ0n) is 15.2. The Morgan fingerprint density at radius 2 is 1.74 bits per heavy atom. The first kappa shape index (κ1) is 18.4. The molecule has 1 aliphatic rings. The smallest absolute Gasteiger partial charge is 0.326 e. The third kappa shape index (κ3) is 4.25. The van der Waals surface area contributed by atoms with Crippen molar-refractivity contribution in [3.8, 4) is 11.5 Å². The summed E-state index contributed by atoms with van der Waals surface area (Å²) in [7, 11) is 2.93. The van der Waals surface area contributed by atoms with Gasteiger partial charge >= 0.3 is 6.03 Å². The van der Waals surface area contributed by atoms with E-state index in [2.05, 4.69) is 5.32 Å². The molecule has 27 heavy (non-hydrogen) atoms.